The predicted molar refractivity (Wildman–Crippen MR) is 82.9 cm³/mol. The molecule has 0 atom stereocenters. The van der Waals surface area contributed by atoms with Crippen LogP contribution < -0.4 is 0 Å². The molecule has 0 spiro atoms. The number of nitrogens with zero attached hydrogens (tertiary/aromatic N) is 3. The number of hydrogen-bond acceptors (Lipinski definition) is 3. The molecule has 7 heteroatoms. The Labute approximate surface area is 132 Å². The number of hydrogen-bond donors (Lipinski definition) is 0. The highest BCUT2D eigenvalue weighted by Crippen LogP contribution is 2.26. The second kappa shape index (κ2) is 5.42. The van der Waals surface area contributed by atoms with E-state index in [1.54, 1.807) is 17.4 Å². The summed E-state index contributed by atoms with van der Waals surface area (Å²) in [7, 11) is 0. The molecule has 0 bridgehead atoms. The number of imidazole rings is 1. The summed E-state index contributed by atoms with van der Waals surface area (Å²) < 4.78 is 16.1. The van der Waals surface area contributed by atoms with Crippen LogP contribution in [-0.4, -0.2) is 14.5 Å². The Morgan fingerprint density at radius 1 is 1.45 bits per heavy atom. The second-order valence-electron chi connectivity index (χ2n) is 4.37. The van der Waals surface area contributed by atoms with E-state index >= 15 is 0 Å². The average molecular weight is 375 g/mol. The minimum absolute atomic E-state index is 0.276. The maximum Gasteiger partial charge on any atom is 0.139 e. The summed E-state index contributed by atoms with van der Waals surface area (Å²) in [6.45, 7) is 2.56. The smallest absolute Gasteiger partial charge is 0.139 e. The van der Waals surface area contributed by atoms with Crippen molar-refractivity contribution in [1.82, 2.24) is 14.5 Å². The Kier molecular flexibility index (Phi) is 3.79. The summed E-state index contributed by atoms with van der Waals surface area (Å²) in [5.74, 6) is 0.681. The van der Waals surface area contributed by atoms with Crippen molar-refractivity contribution in [1.29, 1.82) is 0 Å². The van der Waals surface area contributed by atoms with E-state index in [9.17, 15) is 4.39 Å². The van der Waals surface area contributed by atoms with E-state index < -0.39 is 0 Å². The third-order valence-corrected chi connectivity index (χ3v) is 4.70. The second-order valence-corrected chi connectivity index (χ2v) is 6.81. The van der Waals surface area contributed by atoms with E-state index in [1.165, 1.54) is 6.07 Å². The highest BCUT2D eigenvalue weighted by Gasteiger charge is 2.14. The summed E-state index contributed by atoms with van der Waals surface area (Å²) in [6, 6.07) is 3.15. The third kappa shape index (κ3) is 2.47. The quantitative estimate of drug-likeness (QED) is 0.632. The zero-order valence-corrected chi connectivity index (χ0v) is 13.7. The van der Waals surface area contributed by atoms with Gasteiger partial charge in [-0.05, 0) is 28.9 Å². The van der Waals surface area contributed by atoms with Crippen LogP contribution in [0.4, 0.5) is 4.39 Å². The lowest BCUT2D eigenvalue weighted by atomic mass is 10.3. The number of aryl methyl sites for hydroxylation is 1. The van der Waals surface area contributed by atoms with Crippen molar-refractivity contribution in [3.05, 3.63) is 44.3 Å². The fourth-order valence-corrected chi connectivity index (χ4v) is 3.37. The number of alkyl halides is 1. The molecule has 0 saturated heterocycles. The van der Waals surface area contributed by atoms with E-state index in [4.69, 9.17) is 11.6 Å². The fourth-order valence-electron chi connectivity index (χ4n) is 2.06. The summed E-state index contributed by atoms with van der Waals surface area (Å²) in [4.78, 5) is 9.93. The van der Waals surface area contributed by atoms with Crippen molar-refractivity contribution in [2.24, 2.45) is 0 Å². The zero-order valence-electron chi connectivity index (χ0n) is 10.5. The predicted octanol–water partition coefficient (Wildman–Crippen LogP) is 4.49. The summed E-state index contributed by atoms with van der Waals surface area (Å²) in [5, 5.41) is 0.955. The van der Waals surface area contributed by atoms with Crippen LogP contribution in [0.5, 0.6) is 0 Å². The van der Waals surface area contributed by atoms with Crippen LogP contribution in [0.15, 0.2) is 22.8 Å². The summed E-state index contributed by atoms with van der Waals surface area (Å²) >= 11 is 10.7. The molecule has 0 saturated carbocycles. The Balaban J connectivity index is 2.14. The Morgan fingerprint density at radius 3 is 2.90 bits per heavy atom. The molecule has 3 aromatic rings. The van der Waals surface area contributed by atoms with Gasteiger partial charge in [0.05, 0.1) is 27.9 Å². The average Bonchev–Trinajstić information content (AvgIpc) is 2.96. The van der Waals surface area contributed by atoms with Crippen molar-refractivity contribution in [2.75, 3.05) is 0 Å². The first-order valence-corrected chi connectivity index (χ1v) is 8.04. The van der Waals surface area contributed by atoms with Gasteiger partial charge in [0, 0.05) is 17.1 Å². The number of fused-ring (bicyclic) bond motifs is 1. The van der Waals surface area contributed by atoms with E-state index in [0.29, 0.717) is 16.8 Å². The monoisotopic (exact) mass is 373 g/mol. The maximum absolute atomic E-state index is 13.8. The van der Waals surface area contributed by atoms with Gasteiger partial charge in [-0.3, -0.25) is 0 Å². The van der Waals surface area contributed by atoms with Crippen LogP contribution in [0.25, 0.3) is 11.0 Å². The van der Waals surface area contributed by atoms with Gasteiger partial charge in [0.1, 0.15) is 16.6 Å². The molecule has 0 unspecified atom stereocenters. The molecule has 2 heterocycles. The zero-order chi connectivity index (χ0) is 14.3. The van der Waals surface area contributed by atoms with Crippen molar-refractivity contribution in [2.45, 2.75) is 19.3 Å². The molecule has 20 heavy (non-hydrogen) atoms. The Hall–Kier alpha value is -0.980. The van der Waals surface area contributed by atoms with E-state index in [2.05, 4.69) is 25.9 Å². The van der Waals surface area contributed by atoms with Gasteiger partial charge in [-0.25, -0.2) is 14.4 Å². The first kappa shape index (κ1) is 14.0. The van der Waals surface area contributed by atoms with E-state index in [-0.39, 0.29) is 11.7 Å². The van der Waals surface area contributed by atoms with Crippen LogP contribution >= 0.6 is 38.9 Å². The van der Waals surface area contributed by atoms with Gasteiger partial charge >= 0.3 is 0 Å². The minimum atomic E-state index is -0.310. The van der Waals surface area contributed by atoms with E-state index in [1.807, 2.05) is 17.7 Å². The molecule has 104 valence electrons. The van der Waals surface area contributed by atoms with E-state index in [0.717, 1.165) is 20.9 Å². The van der Waals surface area contributed by atoms with Crippen molar-refractivity contribution in [3.63, 3.8) is 0 Å². The number of benzene rings is 1. The number of halogens is 3. The molecule has 0 N–H and O–H groups in total. The third-order valence-electron chi connectivity index (χ3n) is 2.95. The van der Waals surface area contributed by atoms with Gasteiger partial charge in [-0.15, -0.1) is 22.9 Å². The summed E-state index contributed by atoms with van der Waals surface area (Å²) in [5.41, 5.74) is 1.46. The van der Waals surface area contributed by atoms with Crippen LogP contribution in [0, 0.1) is 12.7 Å². The molecule has 0 aliphatic rings. The van der Waals surface area contributed by atoms with Crippen LogP contribution in [0.2, 0.25) is 0 Å². The topological polar surface area (TPSA) is 30.7 Å². The molecule has 1 aromatic carbocycles. The van der Waals surface area contributed by atoms with Gasteiger partial charge in [-0.2, -0.15) is 0 Å². The SMILES string of the molecule is Cc1cnc(Cn2c(CCl)nc3cc(Br)c(F)cc32)s1. The van der Waals surface area contributed by atoms with Gasteiger partial charge in [0.2, 0.25) is 0 Å². The standard InChI is InChI=1S/C13H10BrClFN3S/c1-7-5-17-13(20-7)6-19-11-3-9(16)8(14)2-10(11)18-12(19)4-15/h2-3,5H,4,6H2,1H3. The first-order valence-electron chi connectivity index (χ1n) is 5.90. The number of thiazole rings is 1. The normalized spacial score (nSPS) is 11.4. The number of rotatable bonds is 3. The molecule has 3 rings (SSSR count). The van der Waals surface area contributed by atoms with Gasteiger partial charge < -0.3 is 4.57 Å². The molecule has 3 nitrogen and oxygen atoms in total. The number of aromatic nitrogens is 3. The van der Waals surface area contributed by atoms with Crippen molar-refractivity contribution < 1.29 is 4.39 Å². The minimum Gasteiger partial charge on any atom is -0.320 e. The van der Waals surface area contributed by atoms with Crippen LogP contribution in [0.1, 0.15) is 15.7 Å². The lowest BCUT2D eigenvalue weighted by Gasteiger charge is -2.05. The molecule has 0 aliphatic carbocycles. The van der Waals surface area contributed by atoms with Crippen LogP contribution in [0.3, 0.4) is 0 Å². The molecule has 0 radical (unpaired) electrons. The van der Waals surface area contributed by atoms with Gasteiger partial charge in [-0.1, -0.05) is 0 Å². The molecular formula is C13H10BrClFN3S. The fraction of sp³-hybridized carbons (Fsp3) is 0.231. The van der Waals surface area contributed by atoms with Crippen LogP contribution in [-0.2, 0) is 12.4 Å². The molecule has 0 amide bonds. The molecular weight excluding hydrogens is 365 g/mol. The van der Waals surface area contributed by atoms with Gasteiger partial charge in [0.15, 0.2) is 0 Å². The highest BCUT2D eigenvalue weighted by molar-refractivity contribution is 9.10. The maximum atomic E-state index is 13.8. The van der Waals surface area contributed by atoms with Crippen molar-refractivity contribution >= 4 is 49.9 Å². The summed E-state index contributed by atoms with van der Waals surface area (Å²) in [6.07, 6.45) is 1.83. The largest absolute Gasteiger partial charge is 0.320 e. The highest BCUT2D eigenvalue weighted by atomic mass is 79.9. The lowest BCUT2D eigenvalue weighted by Crippen LogP contribution is -2.03. The molecule has 0 fully saturated rings. The molecule has 0 aliphatic heterocycles. The molecule has 2 aromatic heterocycles. The Bertz CT molecular complexity index is 783. The Morgan fingerprint density at radius 2 is 2.25 bits per heavy atom. The first-order chi connectivity index (χ1) is 9.58. The van der Waals surface area contributed by atoms with Crippen molar-refractivity contribution in [3.8, 4) is 0 Å². The lowest BCUT2D eigenvalue weighted by molar-refractivity contribution is 0.621. The van der Waals surface area contributed by atoms with Gasteiger partial charge in [0.25, 0.3) is 0 Å².